The van der Waals surface area contributed by atoms with Crippen molar-refractivity contribution in [1.29, 1.82) is 0 Å². The summed E-state index contributed by atoms with van der Waals surface area (Å²) in [6.07, 6.45) is 1.27. The molecule has 0 aliphatic heterocycles. The molecule has 0 atom stereocenters. The molecule has 4 rings (SSSR count). The van der Waals surface area contributed by atoms with Crippen LogP contribution in [0.1, 0.15) is 16.1 Å². The lowest BCUT2D eigenvalue weighted by Gasteiger charge is -2.08. The van der Waals surface area contributed by atoms with Crippen LogP contribution in [0.5, 0.6) is 5.75 Å². The van der Waals surface area contributed by atoms with Gasteiger partial charge in [0.2, 0.25) is 0 Å². The highest BCUT2D eigenvalue weighted by Gasteiger charge is 2.13. The molecule has 1 aromatic heterocycles. The number of amides is 2. The molecule has 0 saturated heterocycles. The first-order valence-electron chi connectivity index (χ1n) is 10.6. The van der Waals surface area contributed by atoms with Crippen LogP contribution < -0.4 is 15.5 Å². The summed E-state index contributed by atoms with van der Waals surface area (Å²) in [6.45, 7) is -0.519. The van der Waals surface area contributed by atoms with E-state index in [0.29, 0.717) is 22.8 Å². The van der Waals surface area contributed by atoms with Gasteiger partial charge in [0.05, 0.1) is 18.3 Å². The van der Waals surface area contributed by atoms with Crippen LogP contribution >= 0.6 is 0 Å². The van der Waals surface area contributed by atoms with Crippen molar-refractivity contribution in [3.63, 3.8) is 0 Å². The van der Waals surface area contributed by atoms with E-state index in [1.807, 2.05) is 36.4 Å². The van der Waals surface area contributed by atoms with E-state index in [4.69, 9.17) is 9.15 Å². The molecule has 176 valence electrons. The quantitative estimate of drug-likeness (QED) is 0.253. The molecule has 0 saturated carbocycles. The Bertz CT molecular complexity index is 1410. The van der Waals surface area contributed by atoms with Crippen LogP contribution in [0.15, 0.2) is 88.4 Å². The van der Waals surface area contributed by atoms with Crippen LogP contribution in [0.2, 0.25) is 0 Å². The first-order valence-corrected chi connectivity index (χ1v) is 10.6. The van der Waals surface area contributed by atoms with Crippen molar-refractivity contribution >= 4 is 34.8 Å². The van der Waals surface area contributed by atoms with Crippen molar-refractivity contribution in [1.82, 2.24) is 10.7 Å². The Balaban J connectivity index is 1.22. The normalized spacial score (nSPS) is 10.9. The second-order valence-electron chi connectivity index (χ2n) is 7.42. The number of fused-ring (bicyclic) bond motifs is 1. The second-order valence-corrected chi connectivity index (χ2v) is 7.42. The molecule has 35 heavy (non-hydrogen) atoms. The van der Waals surface area contributed by atoms with Gasteiger partial charge in [0.25, 0.3) is 11.8 Å². The van der Waals surface area contributed by atoms with Gasteiger partial charge in [0.1, 0.15) is 17.3 Å². The van der Waals surface area contributed by atoms with Crippen LogP contribution in [0.25, 0.3) is 22.1 Å². The third-order valence-electron chi connectivity index (χ3n) is 4.97. The van der Waals surface area contributed by atoms with Gasteiger partial charge in [-0.25, -0.2) is 10.2 Å². The van der Waals surface area contributed by atoms with E-state index in [-0.39, 0.29) is 18.7 Å². The minimum absolute atomic E-state index is 0.110. The number of nitrogens with zero attached hydrogens (tertiary/aromatic N) is 1. The summed E-state index contributed by atoms with van der Waals surface area (Å²) >= 11 is 0. The molecule has 3 aromatic carbocycles. The molecule has 0 unspecified atom stereocenters. The lowest BCUT2D eigenvalue weighted by Crippen LogP contribution is -2.37. The predicted octanol–water partition coefficient (Wildman–Crippen LogP) is 3.44. The predicted molar refractivity (Wildman–Crippen MR) is 129 cm³/mol. The number of furan rings is 1. The van der Waals surface area contributed by atoms with Gasteiger partial charge in [0.15, 0.2) is 6.61 Å². The monoisotopic (exact) mass is 471 g/mol. The maximum absolute atomic E-state index is 12.0. The summed E-state index contributed by atoms with van der Waals surface area (Å²) in [6, 6.07) is 23.0. The molecule has 0 radical (unpaired) electrons. The van der Waals surface area contributed by atoms with E-state index >= 15 is 0 Å². The molecule has 0 spiro atoms. The Morgan fingerprint density at radius 2 is 1.69 bits per heavy atom. The van der Waals surface area contributed by atoms with Crippen molar-refractivity contribution in [3.8, 4) is 17.1 Å². The number of carboxylic acid groups (broad SMARTS) is 1. The van der Waals surface area contributed by atoms with E-state index in [9.17, 15) is 19.5 Å². The summed E-state index contributed by atoms with van der Waals surface area (Å²) in [5.74, 6) is -0.836. The Morgan fingerprint density at radius 1 is 0.914 bits per heavy atom. The van der Waals surface area contributed by atoms with Crippen LogP contribution in [0.4, 0.5) is 0 Å². The van der Waals surface area contributed by atoms with Gasteiger partial charge in [-0.15, -0.1) is 0 Å². The van der Waals surface area contributed by atoms with Gasteiger partial charge in [-0.1, -0.05) is 48.5 Å². The number of hydrazone groups is 1. The van der Waals surface area contributed by atoms with Crippen LogP contribution in [-0.2, 0) is 9.59 Å². The van der Waals surface area contributed by atoms with Crippen molar-refractivity contribution in [2.24, 2.45) is 5.10 Å². The molecule has 9 nitrogen and oxygen atoms in total. The van der Waals surface area contributed by atoms with E-state index in [1.165, 1.54) is 12.3 Å². The number of hydrogen-bond acceptors (Lipinski definition) is 6. The molecular weight excluding hydrogens is 450 g/mol. The smallest absolute Gasteiger partial charge is 0.336 e. The fourth-order valence-electron chi connectivity index (χ4n) is 3.29. The zero-order chi connectivity index (χ0) is 24.6. The van der Waals surface area contributed by atoms with Gasteiger partial charge in [-0.05, 0) is 41.1 Å². The molecule has 3 N–H and O–H groups in total. The maximum atomic E-state index is 12.0. The number of carboxylic acids is 1. The van der Waals surface area contributed by atoms with Crippen molar-refractivity contribution < 1.29 is 28.6 Å². The average Bonchev–Trinajstić information content (AvgIpc) is 3.35. The van der Waals surface area contributed by atoms with E-state index in [2.05, 4.69) is 15.8 Å². The third kappa shape index (κ3) is 6.11. The van der Waals surface area contributed by atoms with E-state index < -0.39 is 17.8 Å². The number of ether oxygens (including phenoxy) is 1. The molecule has 0 bridgehead atoms. The molecule has 0 aliphatic rings. The molecule has 0 aliphatic carbocycles. The number of rotatable bonds is 9. The number of hydrogen-bond donors (Lipinski definition) is 3. The van der Waals surface area contributed by atoms with E-state index in [0.717, 1.165) is 10.8 Å². The third-order valence-corrected chi connectivity index (χ3v) is 4.97. The minimum atomic E-state index is -1.07. The van der Waals surface area contributed by atoms with Crippen molar-refractivity contribution in [2.75, 3.05) is 13.2 Å². The highest BCUT2D eigenvalue weighted by Crippen LogP contribution is 2.25. The molecule has 1 heterocycles. The number of nitrogens with one attached hydrogen (secondary N) is 2. The van der Waals surface area contributed by atoms with Gasteiger partial charge in [-0.3, -0.25) is 9.59 Å². The van der Waals surface area contributed by atoms with Crippen LogP contribution in [0.3, 0.4) is 0 Å². The highest BCUT2D eigenvalue weighted by molar-refractivity contribution is 5.95. The lowest BCUT2D eigenvalue weighted by atomic mass is 10.1. The molecule has 2 amide bonds. The van der Waals surface area contributed by atoms with Gasteiger partial charge in [0, 0.05) is 5.56 Å². The van der Waals surface area contributed by atoms with Gasteiger partial charge >= 0.3 is 5.97 Å². The zero-order valence-corrected chi connectivity index (χ0v) is 18.4. The van der Waals surface area contributed by atoms with E-state index in [1.54, 1.807) is 36.4 Å². The summed E-state index contributed by atoms with van der Waals surface area (Å²) in [5.41, 5.74) is 2.82. The van der Waals surface area contributed by atoms with Crippen molar-refractivity contribution in [2.45, 2.75) is 0 Å². The first-order chi connectivity index (χ1) is 17.0. The summed E-state index contributed by atoms with van der Waals surface area (Å²) in [7, 11) is 0. The summed E-state index contributed by atoms with van der Waals surface area (Å²) in [5, 5.41) is 17.6. The van der Waals surface area contributed by atoms with Crippen LogP contribution in [0, 0.1) is 0 Å². The molecule has 9 heteroatoms. The SMILES string of the molecule is O=C(COc1ccc2ccccc2c1)NCC(=O)N/N=C\c1ccc(-c2ccccc2C(=O)O)o1. The Labute approximate surface area is 200 Å². The summed E-state index contributed by atoms with van der Waals surface area (Å²) in [4.78, 5) is 35.3. The number of aromatic carboxylic acids is 1. The largest absolute Gasteiger partial charge is 0.484 e. The first kappa shape index (κ1) is 23.2. The Kier molecular flexibility index (Phi) is 7.17. The van der Waals surface area contributed by atoms with Gasteiger partial charge < -0.3 is 19.6 Å². The maximum Gasteiger partial charge on any atom is 0.336 e. The fourth-order valence-corrected chi connectivity index (χ4v) is 3.29. The number of carbonyl (C=O) groups is 3. The number of carbonyl (C=O) groups excluding carboxylic acids is 2. The molecule has 0 fully saturated rings. The minimum Gasteiger partial charge on any atom is -0.484 e. The zero-order valence-electron chi connectivity index (χ0n) is 18.4. The average molecular weight is 471 g/mol. The number of benzene rings is 3. The fraction of sp³-hybridized carbons (Fsp3) is 0.0769. The standard InChI is InChI=1S/C26H21N3O6/c30-24(15-27-25(31)16-34-19-10-9-17-5-1-2-6-18(17)13-19)29-28-14-20-11-12-23(35-20)21-7-3-4-8-22(21)26(32)33/h1-14H,15-16H2,(H,27,31)(H,29,30)(H,32,33)/b28-14-. The molecule has 4 aromatic rings. The Hall–Kier alpha value is -4.92. The topological polar surface area (TPSA) is 130 Å². The Morgan fingerprint density at radius 3 is 2.51 bits per heavy atom. The van der Waals surface area contributed by atoms with Gasteiger partial charge in [-0.2, -0.15) is 5.10 Å². The molecular formula is C26H21N3O6. The highest BCUT2D eigenvalue weighted by atomic mass is 16.5. The second kappa shape index (κ2) is 10.8. The lowest BCUT2D eigenvalue weighted by molar-refractivity contribution is -0.127. The summed E-state index contributed by atoms with van der Waals surface area (Å²) < 4.78 is 11.1. The van der Waals surface area contributed by atoms with Crippen molar-refractivity contribution in [3.05, 3.63) is 90.2 Å². The van der Waals surface area contributed by atoms with Crippen LogP contribution in [-0.4, -0.2) is 42.3 Å².